The zero-order chi connectivity index (χ0) is 17.4. The van der Waals surface area contributed by atoms with Crippen LogP contribution in [-0.2, 0) is 11.3 Å². The van der Waals surface area contributed by atoms with Crippen LogP contribution in [0.4, 0.5) is 5.69 Å². The van der Waals surface area contributed by atoms with Crippen LogP contribution in [0.2, 0.25) is 0 Å². The summed E-state index contributed by atoms with van der Waals surface area (Å²) in [6, 6.07) is 15.0. The third-order valence-electron chi connectivity index (χ3n) is 3.55. The number of rotatable bonds is 8. The second-order valence-electron chi connectivity index (χ2n) is 5.37. The number of hydrogen-bond donors (Lipinski definition) is 2. The molecular weight excluding hydrogens is 304 g/mol. The van der Waals surface area contributed by atoms with Crippen molar-refractivity contribution in [3.05, 3.63) is 54.1 Å². The Hall–Kier alpha value is -2.69. The Bertz CT molecular complexity index is 659. The topological polar surface area (TPSA) is 59.6 Å². The molecule has 0 unspecified atom stereocenters. The van der Waals surface area contributed by atoms with Crippen LogP contribution < -0.4 is 20.1 Å². The smallest absolute Gasteiger partial charge is 0.242 e. The molecule has 0 aliphatic heterocycles. The molecule has 0 aliphatic rings. The molecule has 2 aromatic rings. The van der Waals surface area contributed by atoms with Crippen molar-refractivity contribution in [1.29, 1.82) is 0 Å². The fraction of sp³-hybridized carbons (Fsp3) is 0.316. The Morgan fingerprint density at radius 3 is 2.54 bits per heavy atom. The van der Waals surface area contributed by atoms with E-state index in [0.29, 0.717) is 24.7 Å². The van der Waals surface area contributed by atoms with Gasteiger partial charge < -0.3 is 20.1 Å². The molecule has 0 spiro atoms. The molecule has 24 heavy (non-hydrogen) atoms. The fourth-order valence-electron chi connectivity index (χ4n) is 2.29. The lowest BCUT2D eigenvalue weighted by Crippen LogP contribution is -2.37. The third-order valence-corrected chi connectivity index (χ3v) is 3.55. The summed E-state index contributed by atoms with van der Waals surface area (Å²) in [7, 11) is 1.59. The highest BCUT2D eigenvalue weighted by molar-refractivity contribution is 5.84. The summed E-state index contributed by atoms with van der Waals surface area (Å²) in [6.07, 6.45) is 0. The SMILES string of the molecule is CCOc1ccc(N[C@H](C)C(=O)NCc2ccccc2)cc1OC. The average molecular weight is 328 g/mol. The molecule has 2 aromatic carbocycles. The minimum absolute atomic E-state index is 0.0632. The van der Waals surface area contributed by atoms with Gasteiger partial charge in [0.05, 0.1) is 13.7 Å². The van der Waals surface area contributed by atoms with Crippen LogP contribution in [0.3, 0.4) is 0 Å². The second kappa shape index (κ2) is 8.82. The number of anilines is 1. The summed E-state index contributed by atoms with van der Waals surface area (Å²) in [4.78, 5) is 12.2. The van der Waals surface area contributed by atoms with E-state index in [1.54, 1.807) is 7.11 Å². The van der Waals surface area contributed by atoms with Gasteiger partial charge in [-0.25, -0.2) is 0 Å². The Kier molecular flexibility index (Phi) is 6.49. The van der Waals surface area contributed by atoms with Gasteiger partial charge in [0, 0.05) is 18.3 Å². The maximum absolute atomic E-state index is 12.2. The zero-order valence-electron chi connectivity index (χ0n) is 14.3. The van der Waals surface area contributed by atoms with Crippen LogP contribution in [0.25, 0.3) is 0 Å². The summed E-state index contributed by atoms with van der Waals surface area (Å²) < 4.78 is 10.8. The monoisotopic (exact) mass is 328 g/mol. The van der Waals surface area contributed by atoms with Gasteiger partial charge in [-0.2, -0.15) is 0 Å². The number of amides is 1. The summed E-state index contributed by atoms with van der Waals surface area (Å²) in [5.74, 6) is 1.26. The van der Waals surface area contributed by atoms with E-state index in [0.717, 1.165) is 11.3 Å². The molecule has 0 radical (unpaired) electrons. The van der Waals surface area contributed by atoms with Gasteiger partial charge in [0.25, 0.3) is 0 Å². The Labute approximate surface area is 143 Å². The van der Waals surface area contributed by atoms with E-state index in [4.69, 9.17) is 9.47 Å². The molecule has 0 aromatic heterocycles. The highest BCUT2D eigenvalue weighted by atomic mass is 16.5. The lowest BCUT2D eigenvalue weighted by molar-refractivity contribution is -0.121. The van der Waals surface area contributed by atoms with E-state index in [-0.39, 0.29) is 11.9 Å². The lowest BCUT2D eigenvalue weighted by atomic mass is 10.2. The van der Waals surface area contributed by atoms with Crippen LogP contribution in [-0.4, -0.2) is 25.7 Å². The maximum atomic E-state index is 12.2. The van der Waals surface area contributed by atoms with Crippen LogP contribution >= 0.6 is 0 Å². The molecule has 2 N–H and O–H groups in total. The van der Waals surface area contributed by atoms with Crippen molar-refractivity contribution in [1.82, 2.24) is 5.32 Å². The normalized spacial score (nSPS) is 11.5. The minimum Gasteiger partial charge on any atom is -0.493 e. The molecule has 0 fully saturated rings. The fourth-order valence-corrected chi connectivity index (χ4v) is 2.29. The molecular formula is C19H24N2O3. The van der Waals surface area contributed by atoms with Crippen molar-refractivity contribution in [3.63, 3.8) is 0 Å². The first-order valence-electron chi connectivity index (χ1n) is 8.03. The number of methoxy groups -OCH3 is 1. The van der Waals surface area contributed by atoms with Gasteiger partial charge in [0.2, 0.25) is 5.91 Å². The molecule has 1 amide bonds. The number of ether oxygens (including phenoxy) is 2. The van der Waals surface area contributed by atoms with E-state index in [2.05, 4.69) is 10.6 Å². The van der Waals surface area contributed by atoms with Gasteiger partial charge in [-0.15, -0.1) is 0 Å². The van der Waals surface area contributed by atoms with Gasteiger partial charge >= 0.3 is 0 Å². The van der Waals surface area contributed by atoms with Crippen LogP contribution in [0.1, 0.15) is 19.4 Å². The van der Waals surface area contributed by atoms with Gasteiger partial charge in [-0.05, 0) is 31.5 Å². The predicted molar refractivity (Wildman–Crippen MR) is 95.5 cm³/mol. The highest BCUT2D eigenvalue weighted by Gasteiger charge is 2.13. The van der Waals surface area contributed by atoms with E-state index < -0.39 is 0 Å². The third kappa shape index (κ3) is 4.91. The Balaban J connectivity index is 1.93. The van der Waals surface area contributed by atoms with Crippen molar-refractivity contribution < 1.29 is 14.3 Å². The first-order valence-corrected chi connectivity index (χ1v) is 8.03. The minimum atomic E-state index is -0.364. The molecule has 0 saturated heterocycles. The van der Waals surface area contributed by atoms with Gasteiger partial charge in [0.15, 0.2) is 11.5 Å². The molecule has 5 nitrogen and oxygen atoms in total. The molecule has 5 heteroatoms. The summed E-state index contributed by atoms with van der Waals surface area (Å²) in [5, 5.41) is 6.10. The molecule has 1 atom stereocenters. The molecule has 128 valence electrons. The summed E-state index contributed by atoms with van der Waals surface area (Å²) >= 11 is 0. The number of hydrogen-bond acceptors (Lipinski definition) is 4. The van der Waals surface area contributed by atoms with E-state index in [1.165, 1.54) is 0 Å². The van der Waals surface area contributed by atoms with Crippen LogP contribution in [0.15, 0.2) is 48.5 Å². The largest absolute Gasteiger partial charge is 0.493 e. The van der Waals surface area contributed by atoms with Crippen molar-refractivity contribution in [2.75, 3.05) is 19.0 Å². The maximum Gasteiger partial charge on any atom is 0.242 e. The molecule has 0 aliphatic carbocycles. The number of carbonyl (C=O) groups excluding carboxylic acids is 1. The number of nitrogens with one attached hydrogen (secondary N) is 2. The zero-order valence-corrected chi connectivity index (χ0v) is 14.3. The number of benzene rings is 2. The predicted octanol–water partition coefficient (Wildman–Crippen LogP) is 3.21. The molecule has 0 saturated carbocycles. The van der Waals surface area contributed by atoms with E-state index >= 15 is 0 Å². The second-order valence-corrected chi connectivity index (χ2v) is 5.37. The van der Waals surface area contributed by atoms with Crippen molar-refractivity contribution in [2.24, 2.45) is 0 Å². The van der Waals surface area contributed by atoms with Crippen molar-refractivity contribution in [2.45, 2.75) is 26.4 Å². The first kappa shape index (κ1) is 17.7. The van der Waals surface area contributed by atoms with Crippen LogP contribution in [0.5, 0.6) is 11.5 Å². The quantitative estimate of drug-likeness (QED) is 0.781. The van der Waals surface area contributed by atoms with Crippen LogP contribution in [0, 0.1) is 0 Å². The van der Waals surface area contributed by atoms with Gasteiger partial charge in [-0.3, -0.25) is 4.79 Å². The Morgan fingerprint density at radius 2 is 1.88 bits per heavy atom. The van der Waals surface area contributed by atoms with Gasteiger partial charge in [0.1, 0.15) is 6.04 Å². The summed E-state index contributed by atoms with van der Waals surface area (Å²) in [5.41, 5.74) is 1.87. The highest BCUT2D eigenvalue weighted by Crippen LogP contribution is 2.30. The number of carbonyl (C=O) groups is 1. The summed E-state index contributed by atoms with van der Waals surface area (Å²) in [6.45, 7) is 4.83. The average Bonchev–Trinajstić information content (AvgIpc) is 2.61. The molecule has 2 rings (SSSR count). The lowest BCUT2D eigenvalue weighted by Gasteiger charge is -2.17. The van der Waals surface area contributed by atoms with Crippen molar-refractivity contribution >= 4 is 11.6 Å². The standard InChI is InChI=1S/C19H24N2O3/c1-4-24-17-11-10-16(12-18(17)23-3)21-14(2)19(22)20-13-15-8-6-5-7-9-15/h5-12,14,21H,4,13H2,1-3H3,(H,20,22)/t14-/m1/s1. The van der Waals surface area contributed by atoms with Gasteiger partial charge in [-0.1, -0.05) is 30.3 Å². The van der Waals surface area contributed by atoms with Crippen molar-refractivity contribution in [3.8, 4) is 11.5 Å². The first-order chi connectivity index (χ1) is 11.6. The Morgan fingerprint density at radius 1 is 1.12 bits per heavy atom. The van der Waals surface area contributed by atoms with E-state index in [9.17, 15) is 4.79 Å². The molecule has 0 heterocycles. The molecule has 0 bridgehead atoms. The van der Waals surface area contributed by atoms with E-state index in [1.807, 2.05) is 62.4 Å².